The van der Waals surface area contributed by atoms with Crippen molar-refractivity contribution in [1.29, 1.82) is 0 Å². The van der Waals surface area contributed by atoms with Gasteiger partial charge in [0.15, 0.2) is 5.78 Å². The van der Waals surface area contributed by atoms with Gasteiger partial charge in [0, 0.05) is 11.6 Å². The summed E-state index contributed by atoms with van der Waals surface area (Å²) in [4.78, 5) is 16.1. The SMILES string of the molecule is C[C@H]1COC(c2cc3c(cn2)OC(C)(C)C=C3)=CC1=O. The van der Waals surface area contributed by atoms with Crippen molar-refractivity contribution in [2.75, 3.05) is 6.61 Å². The Kier molecular flexibility index (Phi) is 2.89. The molecule has 2 aliphatic heterocycles. The Hall–Kier alpha value is -2.10. The third-order valence-electron chi connectivity index (χ3n) is 3.44. The summed E-state index contributed by atoms with van der Waals surface area (Å²) in [5.74, 6) is 1.28. The van der Waals surface area contributed by atoms with Gasteiger partial charge in [0.25, 0.3) is 0 Å². The van der Waals surface area contributed by atoms with E-state index in [0.717, 1.165) is 11.3 Å². The predicted octanol–water partition coefficient (Wildman–Crippen LogP) is 2.84. The smallest absolute Gasteiger partial charge is 0.165 e. The summed E-state index contributed by atoms with van der Waals surface area (Å²) in [5, 5.41) is 0. The maximum absolute atomic E-state index is 11.7. The van der Waals surface area contributed by atoms with Gasteiger partial charge in [-0.15, -0.1) is 0 Å². The van der Waals surface area contributed by atoms with Gasteiger partial charge in [-0.25, -0.2) is 4.98 Å². The third kappa shape index (κ3) is 2.33. The molecule has 20 heavy (non-hydrogen) atoms. The van der Waals surface area contributed by atoms with Crippen LogP contribution in [0.2, 0.25) is 0 Å². The number of hydrogen-bond donors (Lipinski definition) is 0. The molecule has 1 aromatic heterocycles. The molecular weight excluding hydrogens is 254 g/mol. The number of aromatic nitrogens is 1. The van der Waals surface area contributed by atoms with E-state index in [-0.39, 0.29) is 17.3 Å². The van der Waals surface area contributed by atoms with Gasteiger partial charge in [0.05, 0.1) is 18.7 Å². The maximum atomic E-state index is 11.7. The summed E-state index contributed by atoms with van der Waals surface area (Å²) in [6.07, 6.45) is 7.23. The molecule has 3 rings (SSSR count). The first kappa shape index (κ1) is 12.9. The van der Waals surface area contributed by atoms with E-state index in [2.05, 4.69) is 4.98 Å². The molecule has 104 valence electrons. The van der Waals surface area contributed by atoms with Crippen LogP contribution in [-0.2, 0) is 9.53 Å². The van der Waals surface area contributed by atoms with E-state index in [1.54, 1.807) is 6.20 Å². The molecule has 0 saturated carbocycles. The zero-order chi connectivity index (χ0) is 14.3. The minimum atomic E-state index is -0.317. The monoisotopic (exact) mass is 271 g/mol. The van der Waals surface area contributed by atoms with Gasteiger partial charge in [-0.05, 0) is 26.0 Å². The minimum absolute atomic E-state index is 0.0821. The highest BCUT2D eigenvalue weighted by atomic mass is 16.5. The fourth-order valence-corrected chi connectivity index (χ4v) is 2.17. The first-order valence-electron chi connectivity index (χ1n) is 6.72. The second-order valence-electron chi connectivity index (χ2n) is 5.77. The summed E-state index contributed by atoms with van der Waals surface area (Å²) in [7, 11) is 0. The van der Waals surface area contributed by atoms with Crippen molar-refractivity contribution in [1.82, 2.24) is 4.98 Å². The Morgan fingerprint density at radius 2 is 2.20 bits per heavy atom. The zero-order valence-electron chi connectivity index (χ0n) is 11.8. The summed E-state index contributed by atoms with van der Waals surface area (Å²) < 4.78 is 11.4. The largest absolute Gasteiger partial charge is 0.490 e. The average molecular weight is 271 g/mol. The van der Waals surface area contributed by atoms with Gasteiger partial charge in [0.2, 0.25) is 0 Å². The lowest BCUT2D eigenvalue weighted by Crippen LogP contribution is -2.27. The van der Waals surface area contributed by atoms with Crippen LogP contribution in [0.5, 0.6) is 5.75 Å². The lowest BCUT2D eigenvalue weighted by atomic mass is 10.0. The molecule has 2 aliphatic rings. The van der Waals surface area contributed by atoms with Crippen molar-refractivity contribution in [3.05, 3.63) is 35.7 Å². The molecule has 3 heterocycles. The Bertz CT molecular complexity index is 629. The van der Waals surface area contributed by atoms with Gasteiger partial charge in [-0.1, -0.05) is 13.0 Å². The van der Waals surface area contributed by atoms with Crippen molar-refractivity contribution >= 4 is 17.6 Å². The van der Waals surface area contributed by atoms with Crippen LogP contribution in [0.1, 0.15) is 32.0 Å². The van der Waals surface area contributed by atoms with Crippen LogP contribution in [0, 0.1) is 5.92 Å². The van der Waals surface area contributed by atoms with Gasteiger partial charge in [-0.2, -0.15) is 0 Å². The number of nitrogens with zero attached hydrogens (tertiary/aromatic N) is 1. The van der Waals surface area contributed by atoms with E-state index < -0.39 is 0 Å². The average Bonchev–Trinajstić information content (AvgIpc) is 2.40. The van der Waals surface area contributed by atoms with Crippen LogP contribution >= 0.6 is 0 Å². The van der Waals surface area contributed by atoms with E-state index in [1.165, 1.54) is 6.08 Å². The Labute approximate surface area is 118 Å². The quantitative estimate of drug-likeness (QED) is 0.788. The fraction of sp³-hybridized carbons (Fsp3) is 0.375. The minimum Gasteiger partial charge on any atom is -0.490 e. The number of ether oxygens (including phenoxy) is 2. The number of hydrogen-bond acceptors (Lipinski definition) is 4. The topological polar surface area (TPSA) is 48.4 Å². The number of rotatable bonds is 1. The second-order valence-corrected chi connectivity index (χ2v) is 5.77. The molecule has 0 saturated heterocycles. The van der Waals surface area contributed by atoms with Crippen LogP contribution < -0.4 is 4.74 Å². The molecule has 4 heteroatoms. The molecule has 0 aliphatic carbocycles. The standard InChI is InChI=1S/C16H17NO3/c1-10-9-19-14(7-13(10)18)12-6-11-4-5-16(2,3)20-15(11)8-17-12/h4-8,10H,9H2,1-3H3/t10-/m0/s1. The summed E-state index contributed by atoms with van der Waals surface area (Å²) >= 11 is 0. The van der Waals surface area contributed by atoms with E-state index >= 15 is 0 Å². The fourth-order valence-electron chi connectivity index (χ4n) is 2.17. The molecule has 0 fully saturated rings. The molecule has 0 unspecified atom stereocenters. The van der Waals surface area contributed by atoms with E-state index in [1.807, 2.05) is 39.0 Å². The lowest BCUT2D eigenvalue weighted by molar-refractivity contribution is -0.119. The van der Waals surface area contributed by atoms with Crippen LogP contribution in [0.25, 0.3) is 11.8 Å². The highest BCUT2D eigenvalue weighted by Crippen LogP contribution is 2.32. The summed E-state index contributed by atoms with van der Waals surface area (Å²) in [6, 6.07) is 1.89. The molecule has 1 aromatic rings. The molecule has 1 atom stereocenters. The molecule has 0 N–H and O–H groups in total. The van der Waals surface area contributed by atoms with Gasteiger partial charge >= 0.3 is 0 Å². The van der Waals surface area contributed by atoms with Crippen molar-refractivity contribution in [2.24, 2.45) is 5.92 Å². The number of ketones is 1. The third-order valence-corrected chi connectivity index (χ3v) is 3.44. The number of carbonyl (C=O) groups excluding carboxylic acids is 1. The van der Waals surface area contributed by atoms with Crippen molar-refractivity contribution in [3.8, 4) is 5.75 Å². The molecular formula is C16H17NO3. The van der Waals surface area contributed by atoms with Gasteiger partial charge in [0.1, 0.15) is 22.8 Å². The molecule has 4 nitrogen and oxygen atoms in total. The first-order chi connectivity index (χ1) is 9.44. The van der Waals surface area contributed by atoms with Crippen molar-refractivity contribution < 1.29 is 14.3 Å². The molecule has 0 spiro atoms. The Morgan fingerprint density at radius 1 is 1.40 bits per heavy atom. The number of pyridine rings is 1. The van der Waals surface area contributed by atoms with Gasteiger partial charge in [-0.3, -0.25) is 4.79 Å². The normalized spacial score (nSPS) is 23.4. The number of fused-ring (bicyclic) bond motifs is 1. The molecule has 0 amide bonds. The Morgan fingerprint density at radius 3 is 2.95 bits per heavy atom. The number of allylic oxidation sites excluding steroid dienone is 1. The predicted molar refractivity (Wildman–Crippen MR) is 76.1 cm³/mol. The van der Waals surface area contributed by atoms with Crippen LogP contribution in [0.15, 0.2) is 24.4 Å². The number of carbonyl (C=O) groups is 1. The van der Waals surface area contributed by atoms with E-state index in [4.69, 9.17) is 9.47 Å². The van der Waals surface area contributed by atoms with Crippen LogP contribution in [-0.4, -0.2) is 23.0 Å². The summed E-state index contributed by atoms with van der Waals surface area (Å²) in [5.41, 5.74) is 1.30. The van der Waals surface area contributed by atoms with E-state index in [0.29, 0.717) is 18.1 Å². The maximum Gasteiger partial charge on any atom is 0.165 e. The highest BCUT2D eigenvalue weighted by Gasteiger charge is 2.24. The molecule has 0 bridgehead atoms. The van der Waals surface area contributed by atoms with Crippen molar-refractivity contribution in [2.45, 2.75) is 26.4 Å². The Balaban J connectivity index is 1.95. The zero-order valence-corrected chi connectivity index (χ0v) is 11.8. The van der Waals surface area contributed by atoms with E-state index in [9.17, 15) is 4.79 Å². The first-order valence-corrected chi connectivity index (χ1v) is 6.72. The van der Waals surface area contributed by atoms with Crippen LogP contribution in [0.4, 0.5) is 0 Å². The van der Waals surface area contributed by atoms with Gasteiger partial charge < -0.3 is 9.47 Å². The van der Waals surface area contributed by atoms with Crippen molar-refractivity contribution in [3.63, 3.8) is 0 Å². The highest BCUT2D eigenvalue weighted by molar-refractivity contribution is 5.98. The second kappa shape index (κ2) is 4.47. The summed E-state index contributed by atoms with van der Waals surface area (Å²) in [6.45, 7) is 6.25. The van der Waals surface area contributed by atoms with Crippen LogP contribution in [0.3, 0.4) is 0 Å². The molecule has 0 aromatic carbocycles. The molecule has 0 radical (unpaired) electrons. The lowest BCUT2D eigenvalue weighted by Gasteiger charge is -2.28.